The topological polar surface area (TPSA) is 65.2 Å². The van der Waals surface area contributed by atoms with Gasteiger partial charge in [-0.3, -0.25) is 4.79 Å². The fourth-order valence-electron chi connectivity index (χ4n) is 1.51. The van der Waals surface area contributed by atoms with Crippen molar-refractivity contribution in [3.05, 3.63) is 35.2 Å². The fourth-order valence-corrected chi connectivity index (χ4v) is 1.64. The van der Waals surface area contributed by atoms with Crippen LogP contribution in [0.3, 0.4) is 0 Å². The maximum atomic E-state index is 11.2. The minimum absolute atomic E-state index is 0.232. The maximum absolute atomic E-state index is 11.2. The Hall–Kier alpha value is -1.88. The second-order valence-corrected chi connectivity index (χ2v) is 4.26. The van der Waals surface area contributed by atoms with Crippen molar-refractivity contribution in [3.8, 4) is 11.4 Å². The third kappa shape index (κ3) is 3.79. The third-order valence-electron chi connectivity index (χ3n) is 2.42. The lowest BCUT2D eigenvalue weighted by atomic mass is 10.2. The summed E-state index contributed by atoms with van der Waals surface area (Å²) in [5, 5.41) is 4.51. The number of carbonyl (C=O) groups excluding carboxylic acids is 1. The minimum atomic E-state index is -0.270. The molecule has 0 aliphatic heterocycles. The second-order valence-electron chi connectivity index (χ2n) is 3.82. The second kappa shape index (κ2) is 6.33. The molecule has 0 bridgehead atoms. The zero-order chi connectivity index (χ0) is 13.7. The van der Waals surface area contributed by atoms with Crippen molar-refractivity contribution in [1.29, 1.82) is 0 Å². The molecule has 0 atom stereocenters. The Labute approximate surface area is 115 Å². The van der Waals surface area contributed by atoms with Gasteiger partial charge in [-0.15, -0.1) is 0 Å². The molecule has 0 spiro atoms. The van der Waals surface area contributed by atoms with Crippen molar-refractivity contribution in [2.24, 2.45) is 0 Å². The number of nitrogens with zero attached hydrogens (tertiary/aromatic N) is 2. The van der Waals surface area contributed by atoms with E-state index in [9.17, 15) is 4.79 Å². The Balaban J connectivity index is 1.99. The van der Waals surface area contributed by atoms with Crippen LogP contribution in [0, 0.1) is 0 Å². The first-order chi connectivity index (χ1) is 9.19. The number of rotatable bonds is 5. The molecule has 1 aromatic heterocycles. The Morgan fingerprint density at radius 2 is 2.11 bits per heavy atom. The van der Waals surface area contributed by atoms with Crippen molar-refractivity contribution in [2.75, 3.05) is 6.61 Å². The smallest absolute Gasteiger partial charge is 0.306 e. The zero-order valence-corrected chi connectivity index (χ0v) is 11.2. The number of ether oxygens (including phenoxy) is 1. The first-order valence-electron chi connectivity index (χ1n) is 5.93. The molecule has 19 heavy (non-hydrogen) atoms. The van der Waals surface area contributed by atoms with Gasteiger partial charge in [0.1, 0.15) is 0 Å². The highest BCUT2D eigenvalue weighted by atomic mass is 35.5. The van der Waals surface area contributed by atoms with Gasteiger partial charge in [0.15, 0.2) is 0 Å². The Morgan fingerprint density at radius 1 is 1.37 bits per heavy atom. The number of aromatic nitrogens is 2. The average Bonchev–Trinajstić information content (AvgIpc) is 2.86. The van der Waals surface area contributed by atoms with Gasteiger partial charge in [-0.25, -0.2) is 0 Å². The molecule has 1 aromatic carbocycles. The Bertz CT molecular complexity index is 551. The van der Waals surface area contributed by atoms with Gasteiger partial charge in [0.2, 0.25) is 11.7 Å². The van der Waals surface area contributed by atoms with E-state index in [0.29, 0.717) is 29.8 Å². The fraction of sp³-hybridized carbons (Fsp3) is 0.308. The highest BCUT2D eigenvalue weighted by molar-refractivity contribution is 6.30. The van der Waals surface area contributed by atoms with E-state index >= 15 is 0 Å². The molecule has 0 saturated carbocycles. The van der Waals surface area contributed by atoms with Gasteiger partial charge in [-0.2, -0.15) is 4.98 Å². The molecule has 0 aliphatic rings. The first kappa shape index (κ1) is 13.5. The number of aryl methyl sites for hydroxylation is 1. The first-order valence-corrected chi connectivity index (χ1v) is 6.31. The molecule has 0 aliphatic carbocycles. The third-order valence-corrected chi connectivity index (χ3v) is 2.67. The van der Waals surface area contributed by atoms with Gasteiger partial charge in [0.25, 0.3) is 0 Å². The number of benzene rings is 1. The molecule has 0 saturated heterocycles. The van der Waals surface area contributed by atoms with Gasteiger partial charge in [-0.1, -0.05) is 16.8 Å². The molecule has 0 fully saturated rings. The van der Waals surface area contributed by atoms with Crippen molar-refractivity contribution >= 4 is 17.6 Å². The summed E-state index contributed by atoms with van der Waals surface area (Å²) in [5.74, 6) is 0.627. The maximum Gasteiger partial charge on any atom is 0.306 e. The summed E-state index contributed by atoms with van der Waals surface area (Å²) in [7, 11) is 0. The Morgan fingerprint density at radius 3 is 2.79 bits per heavy atom. The van der Waals surface area contributed by atoms with Gasteiger partial charge in [0.05, 0.1) is 13.0 Å². The predicted molar refractivity (Wildman–Crippen MR) is 69.7 cm³/mol. The molecular formula is C13H13ClN2O3. The normalized spacial score (nSPS) is 10.4. The van der Waals surface area contributed by atoms with Crippen LogP contribution < -0.4 is 0 Å². The van der Waals surface area contributed by atoms with Gasteiger partial charge in [0, 0.05) is 17.0 Å². The molecule has 5 nitrogen and oxygen atoms in total. The number of hydrogen-bond acceptors (Lipinski definition) is 5. The van der Waals surface area contributed by atoms with E-state index in [2.05, 4.69) is 10.1 Å². The number of carbonyl (C=O) groups is 1. The monoisotopic (exact) mass is 280 g/mol. The van der Waals surface area contributed by atoms with E-state index in [0.717, 1.165) is 5.56 Å². The van der Waals surface area contributed by atoms with Gasteiger partial charge in [-0.05, 0) is 31.2 Å². The lowest BCUT2D eigenvalue weighted by molar-refractivity contribution is -0.143. The van der Waals surface area contributed by atoms with Crippen molar-refractivity contribution in [3.63, 3.8) is 0 Å². The van der Waals surface area contributed by atoms with Gasteiger partial charge >= 0.3 is 5.97 Å². The molecule has 0 radical (unpaired) electrons. The zero-order valence-electron chi connectivity index (χ0n) is 10.4. The molecule has 100 valence electrons. The summed E-state index contributed by atoms with van der Waals surface area (Å²) in [6, 6.07) is 7.13. The van der Waals surface area contributed by atoms with E-state index in [4.69, 9.17) is 20.9 Å². The van der Waals surface area contributed by atoms with Crippen LogP contribution in [0.15, 0.2) is 28.8 Å². The molecule has 0 N–H and O–H groups in total. The number of esters is 1. The minimum Gasteiger partial charge on any atom is -0.466 e. The van der Waals surface area contributed by atoms with E-state index in [1.165, 1.54) is 0 Å². The summed E-state index contributed by atoms with van der Waals surface area (Å²) < 4.78 is 9.90. The van der Waals surface area contributed by atoms with E-state index < -0.39 is 0 Å². The van der Waals surface area contributed by atoms with Gasteiger partial charge < -0.3 is 9.26 Å². The van der Waals surface area contributed by atoms with Crippen LogP contribution in [-0.2, 0) is 16.0 Å². The molecular weight excluding hydrogens is 268 g/mol. The lowest BCUT2D eigenvalue weighted by Crippen LogP contribution is -2.05. The molecule has 6 heteroatoms. The highest BCUT2D eigenvalue weighted by Crippen LogP contribution is 2.18. The average molecular weight is 281 g/mol. The number of halogens is 1. The predicted octanol–water partition coefficient (Wildman–Crippen LogP) is 2.89. The summed E-state index contributed by atoms with van der Waals surface area (Å²) in [5.41, 5.74) is 0.815. The standard InChI is InChI=1S/C13H13ClN2O3/c1-2-18-12(17)8-7-11-15-13(16-19-11)9-3-5-10(14)6-4-9/h3-6H,2,7-8H2,1H3. The SMILES string of the molecule is CCOC(=O)CCc1nc(-c2ccc(Cl)cc2)no1. The quantitative estimate of drug-likeness (QED) is 0.788. The van der Waals surface area contributed by atoms with E-state index in [-0.39, 0.29) is 12.4 Å². The van der Waals surface area contributed by atoms with Crippen LogP contribution in [-0.4, -0.2) is 22.7 Å². The van der Waals surface area contributed by atoms with Crippen LogP contribution in [0.5, 0.6) is 0 Å². The molecule has 0 amide bonds. The van der Waals surface area contributed by atoms with Crippen LogP contribution in [0.25, 0.3) is 11.4 Å². The van der Waals surface area contributed by atoms with Crippen molar-refractivity contribution in [2.45, 2.75) is 19.8 Å². The summed E-state index contributed by atoms with van der Waals surface area (Å²) in [4.78, 5) is 15.4. The summed E-state index contributed by atoms with van der Waals surface area (Å²) in [6.45, 7) is 2.14. The van der Waals surface area contributed by atoms with Crippen LogP contribution in [0.4, 0.5) is 0 Å². The van der Waals surface area contributed by atoms with Crippen LogP contribution in [0.2, 0.25) is 5.02 Å². The Kier molecular flexibility index (Phi) is 4.52. The highest BCUT2D eigenvalue weighted by Gasteiger charge is 2.10. The van der Waals surface area contributed by atoms with Crippen LogP contribution in [0.1, 0.15) is 19.2 Å². The molecule has 2 rings (SSSR count). The van der Waals surface area contributed by atoms with Crippen molar-refractivity contribution < 1.29 is 14.1 Å². The molecule has 0 unspecified atom stereocenters. The molecule has 2 aromatic rings. The lowest BCUT2D eigenvalue weighted by Gasteiger charge is -1.97. The van der Waals surface area contributed by atoms with E-state index in [1.54, 1.807) is 19.1 Å². The van der Waals surface area contributed by atoms with E-state index in [1.807, 2.05) is 12.1 Å². The summed E-state index contributed by atoms with van der Waals surface area (Å²) in [6.07, 6.45) is 0.607. The molecule has 1 heterocycles. The largest absolute Gasteiger partial charge is 0.466 e. The summed E-state index contributed by atoms with van der Waals surface area (Å²) >= 11 is 5.80. The van der Waals surface area contributed by atoms with Crippen molar-refractivity contribution in [1.82, 2.24) is 10.1 Å². The number of hydrogen-bond donors (Lipinski definition) is 0. The van der Waals surface area contributed by atoms with Crippen LogP contribution >= 0.6 is 11.6 Å².